The van der Waals surface area contributed by atoms with Crippen molar-refractivity contribution in [3.63, 3.8) is 0 Å². The zero-order valence-corrected chi connectivity index (χ0v) is 11.3. The quantitative estimate of drug-likeness (QED) is 0.635. The topological polar surface area (TPSA) is 109 Å². The van der Waals surface area contributed by atoms with Crippen molar-refractivity contribution in [2.75, 3.05) is 24.6 Å². The van der Waals surface area contributed by atoms with Gasteiger partial charge in [-0.05, 0) is 6.42 Å². The molecule has 1 fully saturated rings. The van der Waals surface area contributed by atoms with E-state index < -0.39 is 43.4 Å². The van der Waals surface area contributed by atoms with E-state index in [-0.39, 0.29) is 18.7 Å². The van der Waals surface area contributed by atoms with Crippen LogP contribution in [0.3, 0.4) is 0 Å². The maximum absolute atomic E-state index is 12.1. The van der Waals surface area contributed by atoms with Crippen LogP contribution in [-0.2, 0) is 24.7 Å². The van der Waals surface area contributed by atoms with E-state index in [1.165, 1.54) is 6.08 Å². The molecule has 1 saturated heterocycles. The number of sulfonamides is 1. The first kappa shape index (κ1) is 15.1. The van der Waals surface area contributed by atoms with E-state index in [4.69, 9.17) is 5.11 Å². The maximum atomic E-state index is 12.1. The van der Waals surface area contributed by atoms with Gasteiger partial charge < -0.3 is 5.11 Å². The van der Waals surface area contributed by atoms with E-state index >= 15 is 0 Å². The van der Waals surface area contributed by atoms with Crippen molar-refractivity contribution in [1.82, 2.24) is 4.31 Å². The minimum atomic E-state index is -3.93. The zero-order chi connectivity index (χ0) is 14.0. The number of hydrogen-bond donors (Lipinski definition) is 1. The molecule has 1 heterocycles. The van der Waals surface area contributed by atoms with Gasteiger partial charge in [-0.15, -0.1) is 6.58 Å². The van der Waals surface area contributed by atoms with E-state index in [1.807, 2.05) is 0 Å². The summed E-state index contributed by atoms with van der Waals surface area (Å²) in [5.74, 6) is -1.91. The summed E-state index contributed by atoms with van der Waals surface area (Å²) >= 11 is 0. The molecule has 7 nitrogen and oxygen atoms in total. The van der Waals surface area contributed by atoms with Crippen LogP contribution in [0.15, 0.2) is 12.7 Å². The van der Waals surface area contributed by atoms with Gasteiger partial charge in [-0.3, -0.25) is 4.79 Å². The van der Waals surface area contributed by atoms with Gasteiger partial charge in [0.15, 0.2) is 9.84 Å². The molecule has 0 aromatic rings. The summed E-state index contributed by atoms with van der Waals surface area (Å²) in [4.78, 5) is 10.6. The minimum absolute atomic E-state index is 0.0118. The Morgan fingerprint density at radius 1 is 1.50 bits per heavy atom. The Balaban J connectivity index is 2.95. The monoisotopic (exact) mass is 297 g/mol. The summed E-state index contributed by atoms with van der Waals surface area (Å²) in [6, 6.07) is 0. The first-order valence-electron chi connectivity index (χ1n) is 5.21. The molecule has 1 aliphatic heterocycles. The average Bonchev–Trinajstić information content (AvgIpc) is 2.58. The highest BCUT2D eigenvalue weighted by molar-refractivity contribution is 7.95. The third kappa shape index (κ3) is 3.53. The molecule has 1 aliphatic rings. The van der Waals surface area contributed by atoms with Gasteiger partial charge in [0.1, 0.15) is 6.54 Å². The number of aliphatic carboxylic acids is 1. The Bertz CT molecular complexity index is 535. The van der Waals surface area contributed by atoms with Gasteiger partial charge in [0.05, 0.1) is 16.8 Å². The lowest BCUT2D eigenvalue weighted by Gasteiger charge is -2.22. The summed E-state index contributed by atoms with van der Waals surface area (Å²) in [5, 5.41) is 7.61. The molecule has 0 bridgehead atoms. The number of carboxylic acids is 1. The summed E-state index contributed by atoms with van der Waals surface area (Å²) in [6.45, 7) is 2.52. The Morgan fingerprint density at radius 3 is 2.50 bits per heavy atom. The molecule has 0 aromatic carbocycles. The van der Waals surface area contributed by atoms with Gasteiger partial charge in [0, 0.05) is 6.54 Å². The van der Waals surface area contributed by atoms with Crippen molar-refractivity contribution in [2.24, 2.45) is 0 Å². The van der Waals surface area contributed by atoms with Crippen molar-refractivity contribution in [3.8, 4) is 0 Å². The Hall–Kier alpha value is -0.930. The lowest BCUT2D eigenvalue weighted by Crippen LogP contribution is -2.42. The second-order valence-electron chi connectivity index (χ2n) is 4.04. The molecule has 18 heavy (non-hydrogen) atoms. The van der Waals surface area contributed by atoms with Crippen molar-refractivity contribution >= 4 is 25.8 Å². The number of nitrogens with zero attached hydrogens (tertiary/aromatic N) is 1. The molecule has 104 valence electrons. The third-order valence-corrected chi connectivity index (χ3v) is 6.84. The SMILES string of the molecule is C=CCN(CC(=O)O)S(=O)(=O)C1CCS(=O)(=O)C1. The molecule has 0 aromatic heterocycles. The van der Waals surface area contributed by atoms with Gasteiger partial charge >= 0.3 is 5.97 Å². The van der Waals surface area contributed by atoms with E-state index in [9.17, 15) is 21.6 Å². The van der Waals surface area contributed by atoms with Gasteiger partial charge in [0.2, 0.25) is 10.0 Å². The van der Waals surface area contributed by atoms with Crippen LogP contribution in [0.4, 0.5) is 0 Å². The van der Waals surface area contributed by atoms with Crippen LogP contribution < -0.4 is 0 Å². The van der Waals surface area contributed by atoms with Gasteiger partial charge in [0.25, 0.3) is 0 Å². The first-order valence-corrected chi connectivity index (χ1v) is 8.53. The number of hydrogen-bond acceptors (Lipinski definition) is 5. The molecule has 0 spiro atoms. The van der Waals surface area contributed by atoms with E-state index in [2.05, 4.69) is 6.58 Å². The highest BCUT2D eigenvalue weighted by Crippen LogP contribution is 2.22. The second-order valence-corrected chi connectivity index (χ2v) is 8.49. The predicted molar refractivity (Wildman–Crippen MR) is 65.4 cm³/mol. The smallest absolute Gasteiger partial charge is 0.318 e. The average molecular weight is 297 g/mol. The highest BCUT2D eigenvalue weighted by Gasteiger charge is 2.40. The standard InChI is InChI=1S/C9H15NO6S2/c1-2-4-10(6-9(11)12)18(15,16)8-3-5-17(13,14)7-8/h2,8H,1,3-7H2,(H,11,12). The zero-order valence-electron chi connectivity index (χ0n) is 9.65. The van der Waals surface area contributed by atoms with Crippen LogP contribution in [0, 0.1) is 0 Å². The first-order chi connectivity index (χ1) is 8.19. The summed E-state index contributed by atoms with van der Waals surface area (Å²) < 4.78 is 47.5. The lowest BCUT2D eigenvalue weighted by atomic mass is 10.4. The summed E-state index contributed by atoms with van der Waals surface area (Å²) in [7, 11) is -7.26. The molecule has 1 unspecified atom stereocenters. The van der Waals surface area contributed by atoms with Crippen molar-refractivity contribution < 1.29 is 26.7 Å². The number of sulfone groups is 1. The van der Waals surface area contributed by atoms with Gasteiger partial charge in [-0.2, -0.15) is 4.31 Å². The van der Waals surface area contributed by atoms with Crippen LogP contribution in [0.1, 0.15) is 6.42 Å². The van der Waals surface area contributed by atoms with Crippen molar-refractivity contribution in [2.45, 2.75) is 11.7 Å². The molecule has 9 heteroatoms. The van der Waals surface area contributed by atoms with Crippen molar-refractivity contribution in [1.29, 1.82) is 0 Å². The largest absolute Gasteiger partial charge is 0.480 e. The fraction of sp³-hybridized carbons (Fsp3) is 0.667. The van der Waals surface area contributed by atoms with Crippen LogP contribution in [0.5, 0.6) is 0 Å². The van der Waals surface area contributed by atoms with E-state index in [0.717, 1.165) is 4.31 Å². The van der Waals surface area contributed by atoms with Crippen LogP contribution in [0.2, 0.25) is 0 Å². The summed E-state index contributed by atoms with van der Waals surface area (Å²) in [5.41, 5.74) is 0. The highest BCUT2D eigenvalue weighted by atomic mass is 32.2. The number of carboxylic acid groups (broad SMARTS) is 1. The predicted octanol–water partition coefficient (Wildman–Crippen LogP) is -0.924. The normalized spacial score (nSPS) is 23.1. The number of carbonyl (C=O) groups is 1. The third-order valence-electron chi connectivity index (χ3n) is 2.62. The van der Waals surface area contributed by atoms with Crippen LogP contribution in [0.25, 0.3) is 0 Å². The Kier molecular flexibility index (Phi) is 4.51. The maximum Gasteiger partial charge on any atom is 0.318 e. The van der Waals surface area contributed by atoms with Crippen molar-refractivity contribution in [3.05, 3.63) is 12.7 Å². The molecule has 0 aliphatic carbocycles. The van der Waals surface area contributed by atoms with Gasteiger partial charge in [-0.25, -0.2) is 16.8 Å². The van der Waals surface area contributed by atoms with Crippen LogP contribution in [-0.4, -0.2) is 62.1 Å². The lowest BCUT2D eigenvalue weighted by molar-refractivity contribution is -0.137. The second kappa shape index (κ2) is 5.37. The Labute approximate surface area is 106 Å². The fourth-order valence-corrected chi connectivity index (χ4v) is 6.20. The molecule has 0 radical (unpaired) electrons. The Morgan fingerprint density at radius 2 is 2.11 bits per heavy atom. The van der Waals surface area contributed by atoms with E-state index in [1.54, 1.807) is 0 Å². The van der Waals surface area contributed by atoms with Crippen LogP contribution >= 0.6 is 0 Å². The molecule has 1 N–H and O–H groups in total. The molecule has 0 saturated carbocycles. The summed E-state index contributed by atoms with van der Waals surface area (Å²) in [6.07, 6.45) is 1.28. The number of rotatable bonds is 6. The molecule has 0 amide bonds. The fourth-order valence-electron chi connectivity index (χ4n) is 1.76. The van der Waals surface area contributed by atoms with E-state index in [0.29, 0.717) is 0 Å². The molecule has 1 rings (SSSR count). The minimum Gasteiger partial charge on any atom is -0.480 e. The van der Waals surface area contributed by atoms with Gasteiger partial charge in [-0.1, -0.05) is 6.08 Å². The molecule has 1 atom stereocenters. The molecular weight excluding hydrogens is 282 g/mol. The molecular formula is C9H15NO6S2.